The topological polar surface area (TPSA) is 56.9 Å². The fraction of sp³-hybridized carbons (Fsp3) is 0.450. The zero-order valence-electron chi connectivity index (χ0n) is 14.8. The van der Waals surface area contributed by atoms with Gasteiger partial charge in [0.15, 0.2) is 0 Å². The molecule has 0 unspecified atom stereocenters. The van der Waals surface area contributed by atoms with E-state index in [9.17, 15) is 9.90 Å². The van der Waals surface area contributed by atoms with Crippen molar-refractivity contribution < 1.29 is 9.52 Å². The monoisotopic (exact) mass is 372 g/mol. The minimum Gasteiger partial charge on any atom is -0.507 e. The van der Waals surface area contributed by atoms with Crippen LogP contribution in [-0.2, 0) is 26.1 Å². The molecular weight excluding hydrogens is 348 g/mol. The van der Waals surface area contributed by atoms with Crippen molar-refractivity contribution in [2.75, 3.05) is 31.1 Å². The maximum atomic E-state index is 12.1. The van der Waals surface area contributed by atoms with Crippen LogP contribution < -0.4 is 5.63 Å². The number of hydrogen-bond acceptors (Lipinski definition) is 6. The summed E-state index contributed by atoms with van der Waals surface area (Å²) in [4.78, 5) is 16.7. The van der Waals surface area contributed by atoms with E-state index in [0.717, 1.165) is 44.1 Å². The van der Waals surface area contributed by atoms with E-state index in [1.807, 2.05) is 11.8 Å². The first-order valence-corrected chi connectivity index (χ1v) is 10.3. The Bertz CT molecular complexity index is 830. The standard InChI is InChI=1S/C20H24N2O3S/c23-19-17(12-22-6-5-15-3-1-2-4-16(15)11-22)14-25-20(24)18(19)13-21-7-9-26-10-8-21/h1-4,14,23H,5-13H2. The van der Waals surface area contributed by atoms with Gasteiger partial charge in [-0.05, 0) is 17.5 Å². The molecule has 2 aliphatic rings. The maximum Gasteiger partial charge on any atom is 0.343 e. The van der Waals surface area contributed by atoms with Gasteiger partial charge in [0.05, 0.1) is 5.56 Å². The summed E-state index contributed by atoms with van der Waals surface area (Å²) in [5.74, 6) is 2.25. The predicted molar refractivity (Wildman–Crippen MR) is 104 cm³/mol. The van der Waals surface area contributed by atoms with Gasteiger partial charge in [-0.15, -0.1) is 0 Å². The molecule has 1 fully saturated rings. The van der Waals surface area contributed by atoms with Gasteiger partial charge in [-0.25, -0.2) is 4.79 Å². The minimum absolute atomic E-state index is 0.110. The van der Waals surface area contributed by atoms with Crippen LogP contribution in [0.3, 0.4) is 0 Å². The second-order valence-corrected chi connectivity index (χ2v) is 8.22. The lowest BCUT2D eigenvalue weighted by molar-refractivity contribution is 0.236. The van der Waals surface area contributed by atoms with Gasteiger partial charge in [0.2, 0.25) is 0 Å². The fourth-order valence-electron chi connectivity index (χ4n) is 3.71. The van der Waals surface area contributed by atoms with Gasteiger partial charge in [-0.1, -0.05) is 24.3 Å². The van der Waals surface area contributed by atoms with Gasteiger partial charge in [-0.2, -0.15) is 11.8 Å². The Morgan fingerprint density at radius 3 is 2.62 bits per heavy atom. The molecular formula is C20H24N2O3S. The Morgan fingerprint density at radius 2 is 1.81 bits per heavy atom. The molecule has 0 aliphatic carbocycles. The second-order valence-electron chi connectivity index (χ2n) is 6.99. The Kier molecular flexibility index (Phi) is 5.33. The third-order valence-electron chi connectivity index (χ3n) is 5.23. The van der Waals surface area contributed by atoms with Crippen LogP contribution in [0.5, 0.6) is 5.75 Å². The summed E-state index contributed by atoms with van der Waals surface area (Å²) in [5, 5.41) is 10.7. The highest BCUT2D eigenvalue weighted by Crippen LogP contribution is 2.26. The van der Waals surface area contributed by atoms with Crippen molar-refractivity contribution in [1.82, 2.24) is 9.80 Å². The number of fused-ring (bicyclic) bond motifs is 1. The lowest BCUT2D eigenvalue weighted by atomic mass is 9.99. The first-order chi connectivity index (χ1) is 12.7. The highest BCUT2D eigenvalue weighted by molar-refractivity contribution is 7.99. The highest BCUT2D eigenvalue weighted by atomic mass is 32.2. The molecule has 1 N–H and O–H groups in total. The Labute approximate surface area is 157 Å². The molecule has 1 aromatic carbocycles. The smallest absolute Gasteiger partial charge is 0.343 e. The number of hydrogen-bond donors (Lipinski definition) is 1. The predicted octanol–water partition coefficient (Wildman–Crippen LogP) is 2.45. The molecule has 5 nitrogen and oxygen atoms in total. The molecule has 4 rings (SSSR count). The van der Waals surface area contributed by atoms with Crippen molar-refractivity contribution in [3.05, 3.63) is 63.2 Å². The third-order valence-corrected chi connectivity index (χ3v) is 6.18. The van der Waals surface area contributed by atoms with Crippen molar-refractivity contribution in [3.8, 4) is 5.75 Å². The van der Waals surface area contributed by atoms with Crippen LogP contribution in [0.2, 0.25) is 0 Å². The number of nitrogens with zero attached hydrogens (tertiary/aromatic N) is 2. The Morgan fingerprint density at radius 1 is 1.04 bits per heavy atom. The molecule has 1 aromatic heterocycles. The fourth-order valence-corrected chi connectivity index (χ4v) is 4.69. The van der Waals surface area contributed by atoms with Crippen LogP contribution in [0, 0.1) is 0 Å². The van der Waals surface area contributed by atoms with Gasteiger partial charge in [0, 0.05) is 56.3 Å². The quantitative estimate of drug-likeness (QED) is 0.890. The molecule has 0 saturated carbocycles. The summed E-state index contributed by atoms with van der Waals surface area (Å²) < 4.78 is 5.25. The van der Waals surface area contributed by atoms with Crippen molar-refractivity contribution in [2.45, 2.75) is 26.1 Å². The lowest BCUT2D eigenvalue weighted by Crippen LogP contribution is -2.34. The van der Waals surface area contributed by atoms with Crippen molar-refractivity contribution in [3.63, 3.8) is 0 Å². The molecule has 0 atom stereocenters. The second kappa shape index (κ2) is 7.86. The van der Waals surface area contributed by atoms with Gasteiger partial charge in [0.1, 0.15) is 12.0 Å². The van der Waals surface area contributed by atoms with Crippen LogP contribution in [0.15, 0.2) is 39.7 Å². The van der Waals surface area contributed by atoms with Crippen LogP contribution in [0.1, 0.15) is 22.3 Å². The first-order valence-electron chi connectivity index (χ1n) is 9.12. The minimum atomic E-state index is -0.423. The number of rotatable bonds is 4. The van der Waals surface area contributed by atoms with E-state index >= 15 is 0 Å². The van der Waals surface area contributed by atoms with Crippen molar-refractivity contribution >= 4 is 11.8 Å². The normalized spacial score (nSPS) is 18.6. The largest absolute Gasteiger partial charge is 0.507 e. The average Bonchev–Trinajstić information content (AvgIpc) is 2.68. The van der Waals surface area contributed by atoms with Crippen LogP contribution in [-0.4, -0.2) is 46.0 Å². The van der Waals surface area contributed by atoms with E-state index in [4.69, 9.17) is 4.42 Å². The van der Waals surface area contributed by atoms with Crippen molar-refractivity contribution in [2.24, 2.45) is 0 Å². The summed E-state index contributed by atoms with van der Waals surface area (Å²) >= 11 is 1.93. The summed E-state index contributed by atoms with van der Waals surface area (Å²) in [5.41, 5.74) is 3.41. The van der Waals surface area contributed by atoms with Gasteiger partial charge < -0.3 is 9.52 Å². The van der Waals surface area contributed by atoms with E-state index in [0.29, 0.717) is 24.2 Å². The number of benzene rings is 1. The summed E-state index contributed by atoms with van der Waals surface area (Å²) in [6.07, 6.45) is 2.43. The lowest BCUT2D eigenvalue weighted by Gasteiger charge is -2.29. The van der Waals surface area contributed by atoms with E-state index in [1.54, 1.807) is 0 Å². The molecule has 6 heteroatoms. The summed E-state index contributed by atoms with van der Waals surface area (Å²) in [6, 6.07) is 8.49. The molecule has 0 bridgehead atoms. The van der Waals surface area contributed by atoms with Gasteiger partial charge in [0.25, 0.3) is 0 Å². The molecule has 3 heterocycles. The molecule has 0 amide bonds. The molecule has 2 aromatic rings. The van der Waals surface area contributed by atoms with Crippen LogP contribution >= 0.6 is 11.8 Å². The van der Waals surface area contributed by atoms with Gasteiger partial charge in [-0.3, -0.25) is 9.80 Å². The number of thioether (sulfide) groups is 1. The Hall–Kier alpha value is -1.76. The molecule has 0 spiro atoms. The zero-order valence-corrected chi connectivity index (χ0v) is 15.6. The third kappa shape index (κ3) is 3.82. The molecule has 1 saturated heterocycles. The van der Waals surface area contributed by atoms with Crippen LogP contribution in [0.25, 0.3) is 0 Å². The molecule has 138 valence electrons. The average molecular weight is 372 g/mol. The number of aromatic hydroxyl groups is 1. The van der Waals surface area contributed by atoms with E-state index < -0.39 is 5.63 Å². The van der Waals surface area contributed by atoms with Crippen molar-refractivity contribution in [1.29, 1.82) is 0 Å². The molecule has 26 heavy (non-hydrogen) atoms. The Balaban J connectivity index is 1.50. The molecule has 0 radical (unpaired) electrons. The summed E-state index contributed by atoms with van der Waals surface area (Å²) in [7, 11) is 0. The maximum absolute atomic E-state index is 12.1. The highest BCUT2D eigenvalue weighted by Gasteiger charge is 2.21. The first kappa shape index (κ1) is 17.6. The molecule has 2 aliphatic heterocycles. The van der Waals surface area contributed by atoms with Gasteiger partial charge >= 0.3 is 5.63 Å². The van der Waals surface area contributed by atoms with E-state index in [1.165, 1.54) is 17.4 Å². The van der Waals surface area contributed by atoms with E-state index in [-0.39, 0.29) is 5.75 Å². The van der Waals surface area contributed by atoms with Crippen LogP contribution in [0.4, 0.5) is 0 Å². The van der Waals surface area contributed by atoms with E-state index in [2.05, 4.69) is 34.1 Å². The SMILES string of the molecule is O=c1occ(CN2CCc3ccccc3C2)c(O)c1CN1CCSCC1. The summed E-state index contributed by atoms with van der Waals surface area (Å²) in [6.45, 7) is 4.73. The zero-order chi connectivity index (χ0) is 17.9.